The Morgan fingerprint density at radius 3 is 2.61 bits per heavy atom. The Bertz CT molecular complexity index is 542. The summed E-state index contributed by atoms with van der Waals surface area (Å²) in [7, 11) is 1.59. The van der Waals surface area contributed by atoms with E-state index >= 15 is 0 Å². The summed E-state index contributed by atoms with van der Waals surface area (Å²) in [6, 6.07) is 6.62. The van der Waals surface area contributed by atoms with Gasteiger partial charge in [0.15, 0.2) is 0 Å². The van der Waals surface area contributed by atoms with Crippen LogP contribution in [0.4, 0.5) is 10.5 Å². The Kier molecular flexibility index (Phi) is 5.84. The second kappa shape index (κ2) is 7.85. The zero-order valence-corrected chi connectivity index (χ0v) is 13.9. The fourth-order valence-corrected chi connectivity index (χ4v) is 2.48. The number of benzene rings is 1. The van der Waals surface area contributed by atoms with Gasteiger partial charge in [-0.3, -0.25) is 9.69 Å². The summed E-state index contributed by atoms with van der Waals surface area (Å²) in [4.78, 5) is 26.1. The fourth-order valence-electron chi connectivity index (χ4n) is 2.48. The lowest BCUT2D eigenvalue weighted by molar-refractivity contribution is -0.120. The topological polar surface area (TPSA) is 67.9 Å². The van der Waals surface area contributed by atoms with Gasteiger partial charge >= 0.3 is 6.09 Å². The summed E-state index contributed by atoms with van der Waals surface area (Å²) < 4.78 is 10.3. The third-order valence-electron chi connectivity index (χ3n) is 3.69. The summed E-state index contributed by atoms with van der Waals surface area (Å²) in [5, 5.41) is 2.84. The maximum Gasteiger partial charge on any atom is 0.410 e. The predicted molar refractivity (Wildman–Crippen MR) is 87.5 cm³/mol. The molecule has 0 aromatic heterocycles. The lowest BCUT2D eigenvalue weighted by Gasteiger charge is -2.23. The van der Waals surface area contributed by atoms with Crippen molar-refractivity contribution in [3.8, 4) is 5.75 Å². The minimum Gasteiger partial charge on any atom is -0.497 e. The Labute approximate surface area is 136 Å². The first-order valence-electron chi connectivity index (χ1n) is 7.89. The van der Waals surface area contributed by atoms with Crippen molar-refractivity contribution in [2.45, 2.75) is 32.7 Å². The number of methoxy groups -OCH3 is 1. The molecule has 2 amide bonds. The molecule has 23 heavy (non-hydrogen) atoms. The third kappa shape index (κ3) is 4.61. The van der Waals surface area contributed by atoms with E-state index in [0.717, 1.165) is 12.2 Å². The van der Waals surface area contributed by atoms with Crippen LogP contribution < -0.4 is 10.1 Å². The lowest BCUT2D eigenvalue weighted by atomic mass is 10.2. The first-order chi connectivity index (χ1) is 11.0. The number of nitrogens with zero attached hydrogens (tertiary/aromatic N) is 1. The maximum atomic E-state index is 12.4. The monoisotopic (exact) mass is 320 g/mol. The molecule has 1 heterocycles. The summed E-state index contributed by atoms with van der Waals surface area (Å²) in [6.45, 7) is 4.87. The molecule has 6 nitrogen and oxygen atoms in total. The number of anilines is 1. The van der Waals surface area contributed by atoms with Gasteiger partial charge in [-0.1, -0.05) is 13.8 Å². The highest BCUT2D eigenvalue weighted by molar-refractivity contribution is 5.96. The number of carbonyl (C=O) groups is 2. The normalized spacial score (nSPS) is 17.2. The molecule has 0 bridgehead atoms. The Morgan fingerprint density at radius 2 is 2.00 bits per heavy atom. The molecule has 0 radical (unpaired) electrons. The molecule has 0 aliphatic carbocycles. The van der Waals surface area contributed by atoms with E-state index in [4.69, 9.17) is 9.47 Å². The molecule has 0 spiro atoms. The molecule has 126 valence electrons. The number of rotatable bonds is 5. The van der Waals surface area contributed by atoms with Gasteiger partial charge in [-0.05, 0) is 43.0 Å². The van der Waals surface area contributed by atoms with Gasteiger partial charge in [0.2, 0.25) is 5.91 Å². The van der Waals surface area contributed by atoms with Crippen molar-refractivity contribution in [3.05, 3.63) is 24.3 Å². The van der Waals surface area contributed by atoms with E-state index in [0.29, 0.717) is 25.3 Å². The molecular weight excluding hydrogens is 296 g/mol. The van der Waals surface area contributed by atoms with Crippen LogP contribution in [0.3, 0.4) is 0 Å². The van der Waals surface area contributed by atoms with Crippen LogP contribution in [0, 0.1) is 5.92 Å². The smallest absolute Gasteiger partial charge is 0.410 e. The van der Waals surface area contributed by atoms with Crippen LogP contribution >= 0.6 is 0 Å². The Balaban J connectivity index is 1.95. The summed E-state index contributed by atoms with van der Waals surface area (Å²) in [6.07, 6.45) is 1.04. The number of nitrogens with one attached hydrogen (secondary N) is 1. The van der Waals surface area contributed by atoms with Crippen LogP contribution in [0.25, 0.3) is 0 Å². The highest BCUT2D eigenvalue weighted by Gasteiger charge is 2.35. The first kappa shape index (κ1) is 17.1. The van der Waals surface area contributed by atoms with E-state index in [2.05, 4.69) is 5.32 Å². The van der Waals surface area contributed by atoms with Crippen LogP contribution in [0.2, 0.25) is 0 Å². The molecule has 1 aliphatic rings. The number of likely N-dealkylation sites (tertiary alicyclic amines) is 1. The fraction of sp³-hybridized carbons (Fsp3) is 0.529. The SMILES string of the molecule is COc1ccc(NC(=O)[C@H]2CCCN2C(=O)OCC(C)C)cc1. The molecule has 2 rings (SSSR count). The van der Waals surface area contributed by atoms with Crippen molar-refractivity contribution in [2.24, 2.45) is 5.92 Å². The van der Waals surface area contributed by atoms with Crippen molar-refractivity contribution in [3.63, 3.8) is 0 Å². The van der Waals surface area contributed by atoms with Crippen LogP contribution in [0.5, 0.6) is 5.75 Å². The number of carbonyl (C=O) groups excluding carboxylic acids is 2. The van der Waals surface area contributed by atoms with Gasteiger partial charge in [0, 0.05) is 12.2 Å². The quantitative estimate of drug-likeness (QED) is 0.906. The molecule has 1 aromatic carbocycles. The van der Waals surface area contributed by atoms with Crippen LogP contribution in [0.15, 0.2) is 24.3 Å². The molecule has 0 unspecified atom stereocenters. The van der Waals surface area contributed by atoms with E-state index in [1.54, 1.807) is 31.4 Å². The lowest BCUT2D eigenvalue weighted by Crippen LogP contribution is -2.43. The van der Waals surface area contributed by atoms with Crippen molar-refractivity contribution in [2.75, 3.05) is 25.6 Å². The zero-order chi connectivity index (χ0) is 16.8. The molecule has 6 heteroatoms. The first-order valence-corrected chi connectivity index (χ1v) is 7.89. The molecule has 1 N–H and O–H groups in total. The zero-order valence-electron chi connectivity index (χ0n) is 13.9. The average molecular weight is 320 g/mol. The van der Waals surface area contributed by atoms with Gasteiger partial charge in [0.05, 0.1) is 13.7 Å². The second-order valence-corrected chi connectivity index (χ2v) is 6.04. The van der Waals surface area contributed by atoms with Crippen molar-refractivity contribution in [1.29, 1.82) is 0 Å². The highest BCUT2D eigenvalue weighted by Crippen LogP contribution is 2.21. The Hall–Kier alpha value is -2.24. The minimum atomic E-state index is -0.475. The third-order valence-corrected chi connectivity index (χ3v) is 3.69. The summed E-state index contributed by atoms with van der Waals surface area (Å²) >= 11 is 0. The molecule has 1 atom stereocenters. The second-order valence-electron chi connectivity index (χ2n) is 6.04. The Morgan fingerprint density at radius 1 is 1.30 bits per heavy atom. The standard InChI is InChI=1S/C17H24N2O4/c1-12(2)11-23-17(21)19-10-4-5-15(19)16(20)18-13-6-8-14(22-3)9-7-13/h6-9,12,15H,4-5,10-11H2,1-3H3,(H,18,20)/t15-/m1/s1. The molecular formula is C17H24N2O4. The van der Waals surface area contributed by atoms with Gasteiger partial charge in [0.1, 0.15) is 11.8 Å². The van der Waals surface area contributed by atoms with Gasteiger partial charge < -0.3 is 14.8 Å². The van der Waals surface area contributed by atoms with Crippen molar-refractivity contribution in [1.82, 2.24) is 4.90 Å². The molecule has 1 saturated heterocycles. The molecule has 1 aliphatic heterocycles. The molecule has 1 fully saturated rings. The minimum absolute atomic E-state index is 0.186. The van der Waals surface area contributed by atoms with Crippen molar-refractivity contribution < 1.29 is 19.1 Å². The number of amides is 2. The van der Waals surface area contributed by atoms with Crippen LogP contribution in [-0.4, -0.2) is 43.2 Å². The van der Waals surface area contributed by atoms with E-state index in [1.807, 2.05) is 13.8 Å². The number of ether oxygens (including phenoxy) is 2. The number of hydrogen-bond acceptors (Lipinski definition) is 4. The van der Waals surface area contributed by atoms with Gasteiger partial charge in [-0.2, -0.15) is 0 Å². The van der Waals surface area contributed by atoms with Gasteiger partial charge in [0.25, 0.3) is 0 Å². The average Bonchev–Trinajstić information content (AvgIpc) is 3.03. The van der Waals surface area contributed by atoms with E-state index in [1.165, 1.54) is 4.90 Å². The van der Waals surface area contributed by atoms with Gasteiger partial charge in [-0.15, -0.1) is 0 Å². The summed E-state index contributed by atoms with van der Waals surface area (Å²) in [5.74, 6) is 0.810. The molecule has 0 saturated carbocycles. The van der Waals surface area contributed by atoms with E-state index < -0.39 is 12.1 Å². The maximum absolute atomic E-state index is 12.4. The summed E-state index contributed by atoms with van der Waals surface area (Å²) in [5.41, 5.74) is 0.679. The van der Waals surface area contributed by atoms with Gasteiger partial charge in [-0.25, -0.2) is 4.79 Å². The molecule has 1 aromatic rings. The largest absolute Gasteiger partial charge is 0.497 e. The van der Waals surface area contributed by atoms with Crippen LogP contribution in [-0.2, 0) is 9.53 Å². The number of hydrogen-bond donors (Lipinski definition) is 1. The predicted octanol–water partition coefficient (Wildman–Crippen LogP) is 2.89. The van der Waals surface area contributed by atoms with E-state index in [-0.39, 0.29) is 11.8 Å². The highest BCUT2D eigenvalue weighted by atomic mass is 16.6. The van der Waals surface area contributed by atoms with Crippen LogP contribution in [0.1, 0.15) is 26.7 Å². The van der Waals surface area contributed by atoms with Crippen molar-refractivity contribution >= 4 is 17.7 Å². The van der Waals surface area contributed by atoms with E-state index in [9.17, 15) is 9.59 Å².